The van der Waals surface area contributed by atoms with Crippen LogP contribution in [-0.2, 0) is 0 Å². The molecule has 3 unspecified atom stereocenters. The lowest BCUT2D eigenvalue weighted by Gasteiger charge is -2.20. The monoisotopic (exact) mass is 271 g/mol. The summed E-state index contributed by atoms with van der Waals surface area (Å²) in [7, 11) is 0. The standard InChI is InChI=1S/C14H19F2NS/c1-9(10-3-6-13(15)14(16)7-10)17-11-4-5-12(8-11)18-2/h3,6-7,9,11-12,17H,4-5,8H2,1-2H3. The van der Waals surface area contributed by atoms with Crippen molar-refractivity contribution < 1.29 is 8.78 Å². The Morgan fingerprint density at radius 3 is 2.67 bits per heavy atom. The molecule has 1 aromatic rings. The van der Waals surface area contributed by atoms with Gasteiger partial charge in [-0.05, 0) is 50.1 Å². The van der Waals surface area contributed by atoms with Crippen LogP contribution in [0.4, 0.5) is 8.78 Å². The highest BCUT2D eigenvalue weighted by Gasteiger charge is 2.25. The van der Waals surface area contributed by atoms with E-state index >= 15 is 0 Å². The summed E-state index contributed by atoms with van der Waals surface area (Å²) in [5.41, 5.74) is 0.807. The van der Waals surface area contributed by atoms with Gasteiger partial charge in [0.2, 0.25) is 0 Å². The zero-order valence-corrected chi connectivity index (χ0v) is 11.6. The Bertz CT molecular complexity index is 411. The molecule has 1 saturated carbocycles. The highest BCUT2D eigenvalue weighted by Crippen LogP contribution is 2.29. The first-order valence-corrected chi connectivity index (χ1v) is 7.62. The van der Waals surface area contributed by atoms with Crippen LogP contribution in [-0.4, -0.2) is 17.5 Å². The topological polar surface area (TPSA) is 12.0 Å². The van der Waals surface area contributed by atoms with Crippen molar-refractivity contribution in [1.82, 2.24) is 5.32 Å². The van der Waals surface area contributed by atoms with Gasteiger partial charge in [-0.2, -0.15) is 11.8 Å². The molecular formula is C14H19F2NS. The molecule has 100 valence electrons. The minimum atomic E-state index is -0.783. The Labute approximate surface area is 111 Å². The molecule has 1 nitrogen and oxygen atoms in total. The molecule has 4 heteroatoms. The van der Waals surface area contributed by atoms with Crippen LogP contribution in [0.1, 0.15) is 37.8 Å². The van der Waals surface area contributed by atoms with Crippen molar-refractivity contribution in [3.05, 3.63) is 35.4 Å². The van der Waals surface area contributed by atoms with Crippen LogP contribution >= 0.6 is 11.8 Å². The molecule has 0 radical (unpaired) electrons. The van der Waals surface area contributed by atoms with Gasteiger partial charge in [-0.25, -0.2) is 8.78 Å². The molecule has 0 spiro atoms. The lowest BCUT2D eigenvalue weighted by Crippen LogP contribution is -2.29. The van der Waals surface area contributed by atoms with Gasteiger partial charge in [-0.1, -0.05) is 6.07 Å². The molecule has 1 aliphatic carbocycles. The molecule has 0 saturated heterocycles. The summed E-state index contributed by atoms with van der Waals surface area (Å²) in [5.74, 6) is -1.55. The average molecular weight is 271 g/mol. The summed E-state index contributed by atoms with van der Waals surface area (Å²) in [6.07, 6.45) is 5.71. The third-order valence-electron chi connectivity index (χ3n) is 3.65. The molecule has 2 rings (SSSR count). The van der Waals surface area contributed by atoms with Crippen molar-refractivity contribution >= 4 is 11.8 Å². The quantitative estimate of drug-likeness (QED) is 0.891. The number of hydrogen-bond acceptors (Lipinski definition) is 2. The fourth-order valence-electron chi connectivity index (χ4n) is 2.54. The van der Waals surface area contributed by atoms with Crippen LogP contribution < -0.4 is 5.32 Å². The van der Waals surface area contributed by atoms with Crippen molar-refractivity contribution in [2.45, 2.75) is 43.5 Å². The van der Waals surface area contributed by atoms with Crippen molar-refractivity contribution in [3.63, 3.8) is 0 Å². The van der Waals surface area contributed by atoms with E-state index in [0.29, 0.717) is 6.04 Å². The van der Waals surface area contributed by atoms with Gasteiger partial charge in [0.25, 0.3) is 0 Å². The number of nitrogens with one attached hydrogen (secondary N) is 1. The Morgan fingerprint density at radius 2 is 2.06 bits per heavy atom. The van der Waals surface area contributed by atoms with E-state index in [1.807, 2.05) is 18.7 Å². The van der Waals surface area contributed by atoms with Crippen LogP contribution in [0.2, 0.25) is 0 Å². The average Bonchev–Trinajstić information content (AvgIpc) is 2.80. The van der Waals surface area contributed by atoms with E-state index < -0.39 is 11.6 Å². The highest BCUT2D eigenvalue weighted by atomic mass is 32.2. The van der Waals surface area contributed by atoms with Crippen molar-refractivity contribution in [2.24, 2.45) is 0 Å². The molecule has 1 fully saturated rings. The van der Waals surface area contributed by atoms with E-state index in [4.69, 9.17) is 0 Å². The van der Waals surface area contributed by atoms with Crippen molar-refractivity contribution in [3.8, 4) is 0 Å². The molecule has 1 aromatic carbocycles. The molecule has 1 N–H and O–H groups in total. The lowest BCUT2D eigenvalue weighted by atomic mass is 10.1. The second-order valence-electron chi connectivity index (χ2n) is 4.93. The van der Waals surface area contributed by atoms with Crippen molar-refractivity contribution in [1.29, 1.82) is 0 Å². The van der Waals surface area contributed by atoms with E-state index in [1.165, 1.54) is 25.0 Å². The van der Waals surface area contributed by atoms with Crippen LogP contribution in [0.25, 0.3) is 0 Å². The highest BCUT2D eigenvalue weighted by molar-refractivity contribution is 7.99. The number of thioether (sulfide) groups is 1. The zero-order valence-electron chi connectivity index (χ0n) is 10.7. The zero-order chi connectivity index (χ0) is 13.1. The summed E-state index contributed by atoms with van der Waals surface area (Å²) >= 11 is 1.91. The first-order chi connectivity index (χ1) is 8.60. The first kappa shape index (κ1) is 13.8. The van der Waals surface area contributed by atoms with Gasteiger partial charge in [-0.3, -0.25) is 0 Å². The molecule has 0 heterocycles. The molecule has 0 aromatic heterocycles. The van der Waals surface area contributed by atoms with Gasteiger partial charge < -0.3 is 5.32 Å². The smallest absolute Gasteiger partial charge is 0.159 e. The van der Waals surface area contributed by atoms with Crippen LogP contribution in [0.5, 0.6) is 0 Å². The maximum absolute atomic E-state index is 13.2. The van der Waals surface area contributed by atoms with E-state index in [0.717, 1.165) is 17.2 Å². The molecule has 0 aliphatic heterocycles. The maximum Gasteiger partial charge on any atom is 0.159 e. The SMILES string of the molecule is CSC1CCC(NC(C)c2ccc(F)c(F)c2)C1. The molecule has 0 bridgehead atoms. The Balaban J connectivity index is 1.95. The number of rotatable bonds is 4. The summed E-state index contributed by atoms with van der Waals surface area (Å²) in [6, 6.07) is 4.68. The molecule has 3 atom stereocenters. The number of benzene rings is 1. The first-order valence-electron chi connectivity index (χ1n) is 6.34. The number of hydrogen-bond donors (Lipinski definition) is 1. The van der Waals surface area contributed by atoms with Crippen LogP contribution in [0, 0.1) is 11.6 Å². The lowest BCUT2D eigenvalue weighted by molar-refractivity contribution is 0.456. The third kappa shape index (κ3) is 3.23. The van der Waals surface area contributed by atoms with Gasteiger partial charge in [0.15, 0.2) is 11.6 Å². The molecule has 1 aliphatic rings. The van der Waals surface area contributed by atoms with Gasteiger partial charge in [0.1, 0.15) is 0 Å². The fourth-order valence-corrected chi connectivity index (χ4v) is 3.33. The van der Waals surface area contributed by atoms with Crippen LogP contribution in [0.15, 0.2) is 18.2 Å². The second-order valence-corrected chi connectivity index (χ2v) is 6.07. The largest absolute Gasteiger partial charge is 0.307 e. The Hall–Kier alpha value is -0.610. The van der Waals surface area contributed by atoms with E-state index in [9.17, 15) is 8.78 Å². The maximum atomic E-state index is 13.2. The van der Waals surface area contributed by atoms with Gasteiger partial charge in [-0.15, -0.1) is 0 Å². The minimum Gasteiger partial charge on any atom is -0.307 e. The summed E-state index contributed by atoms with van der Waals surface area (Å²) in [6.45, 7) is 2.00. The van der Waals surface area contributed by atoms with E-state index in [2.05, 4.69) is 11.6 Å². The third-order valence-corrected chi connectivity index (χ3v) is 4.74. The van der Waals surface area contributed by atoms with E-state index in [-0.39, 0.29) is 6.04 Å². The summed E-state index contributed by atoms with van der Waals surface area (Å²) in [4.78, 5) is 0. The normalized spacial score (nSPS) is 25.3. The minimum absolute atomic E-state index is 0.0608. The van der Waals surface area contributed by atoms with Gasteiger partial charge >= 0.3 is 0 Å². The van der Waals surface area contributed by atoms with Crippen LogP contribution in [0.3, 0.4) is 0 Å². The number of halogens is 2. The second kappa shape index (κ2) is 6.02. The summed E-state index contributed by atoms with van der Waals surface area (Å²) < 4.78 is 26.0. The fraction of sp³-hybridized carbons (Fsp3) is 0.571. The molecule has 0 amide bonds. The Kier molecular flexibility index (Phi) is 4.62. The molecular weight excluding hydrogens is 252 g/mol. The van der Waals surface area contributed by atoms with Crippen molar-refractivity contribution in [2.75, 3.05) is 6.26 Å². The predicted molar refractivity (Wildman–Crippen MR) is 72.9 cm³/mol. The van der Waals surface area contributed by atoms with E-state index in [1.54, 1.807) is 6.07 Å². The molecule has 18 heavy (non-hydrogen) atoms. The Morgan fingerprint density at radius 1 is 1.28 bits per heavy atom. The summed E-state index contributed by atoms with van der Waals surface area (Å²) in [5, 5.41) is 4.24. The predicted octanol–water partition coefficient (Wildman–Crippen LogP) is 3.90. The van der Waals surface area contributed by atoms with Gasteiger partial charge in [0, 0.05) is 17.3 Å². The van der Waals surface area contributed by atoms with Gasteiger partial charge in [0.05, 0.1) is 0 Å².